The van der Waals surface area contributed by atoms with Crippen LogP contribution in [0.3, 0.4) is 0 Å². The molecule has 0 aromatic rings. The van der Waals surface area contributed by atoms with Crippen molar-refractivity contribution in [1.82, 2.24) is 0 Å². The first-order valence-electron chi connectivity index (χ1n) is 2.76. The molecule has 0 heterocycles. The average molecular weight is 180 g/mol. The Morgan fingerprint density at radius 2 is 1.67 bits per heavy atom. The normalized spacial score (nSPS) is 8.75. The molecule has 0 fully saturated rings. The van der Waals surface area contributed by atoms with E-state index in [9.17, 15) is 9.59 Å². The molecule has 0 bridgehead atoms. The Balaban J connectivity index is -0.000000405. The standard InChI is InChI=1S/C5H9O4P.2Li.2H/c6-3-10-5(9)2-1-4(7)8;;;;/h6,10H,1-3H2,(H,7,8);;;;. The SMILES string of the molecule is O=C(O)CCC(=O)PCO.[LiH].[LiH]. The third-order valence-corrected chi connectivity index (χ3v) is 1.64. The number of carbonyl (C=O) groups excluding carboxylic acids is 1. The number of carboxylic acids is 1. The Labute approximate surface area is 96.6 Å². The van der Waals surface area contributed by atoms with Crippen LogP contribution in [0.25, 0.3) is 0 Å². The third-order valence-electron chi connectivity index (χ3n) is 0.842. The van der Waals surface area contributed by atoms with Crippen LogP contribution in [0.2, 0.25) is 0 Å². The molecule has 0 saturated carbocycles. The fourth-order valence-electron chi connectivity index (χ4n) is 0.397. The van der Waals surface area contributed by atoms with Crippen molar-refractivity contribution in [3.8, 4) is 0 Å². The number of aliphatic hydroxyl groups is 1. The van der Waals surface area contributed by atoms with Crippen LogP contribution in [0, 0.1) is 0 Å². The van der Waals surface area contributed by atoms with E-state index in [0.717, 1.165) is 0 Å². The molecule has 0 aromatic heterocycles. The summed E-state index contributed by atoms with van der Waals surface area (Å²) in [5.41, 5.74) is -0.176. The maximum atomic E-state index is 10.5. The summed E-state index contributed by atoms with van der Waals surface area (Å²) in [4.78, 5) is 20.4. The first-order chi connectivity index (χ1) is 4.66. The van der Waals surface area contributed by atoms with Crippen molar-refractivity contribution in [2.75, 3.05) is 6.35 Å². The van der Waals surface area contributed by atoms with E-state index < -0.39 is 5.97 Å². The van der Waals surface area contributed by atoms with Crippen molar-refractivity contribution in [2.45, 2.75) is 12.8 Å². The van der Waals surface area contributed by atoms with Gasteiger partial charge in [-0.15, -0.1) is 0 Å². The molecule has 7 heteroatoms. The van der Waals surface area contributed by atoms with Crippen molar-refractivity contribution >= 4 is 57.8 Å². The number of rotatable bonds is 5. The zero-order valence-electron chi connectivity index (χ0n) is 5.33. The van der Waals surface area contributed by atoms with E-state index >= 15 is 0 Å². The molecular formula is C5H11Li2O4P. The molecule has 0 aliphatic carbocycles. The first-order valence-corrected chi connectivity index (χ1v) is 3.97. The zero-order chi connectivity index (χ0) is 7.98. The van der Waals surface area contributed by atoms with Crippen LogP contribution < -0.4 is 0 Å². The second-order valence-corrected chi connectivity index (χ2v) is 2.88. The topological polar surface area (TPSA) is 74.6 Å². The molecule has 2 N–H and O–H groups in total. The number of hydrogen-bond donors (Lipinski definition) is 2. The summed E-state index contributed by atoms with van der Waals surface area (Å²) < 4.78 is 0. The number of carbonyl (C=O) groups is 2. The van der Waals surface area contributed by atoms with Gasteiger partial charge in [-0.05, 0) is 8.58 Å². The Morgan fingerprint density at radius 3 is 2.00 bits per heavy atom. The average Bonchev–Trinajstić information content (AvgIpc) is 1.85. The van der Waals surface area contributed by atoms with E-state index in [-0.39, 0.29) is 71.0 Å². The summed E-state index contributed by atoms with van der Waals surface area (Å²) >= 11 is 0. The van der Waals surface area contributed by atoms with Gasteiger partial charge in [0.05, 0.1) is 12.8 Å². The molecule has 0 spiro atoms. The van der Waals surface area contributed by atoms with Gasteiger partial charge in [0.25, 0.3) is 0 Å². The summed E-state index contributed by atoms with van der Waals surface area (Å²) in [6, 6.07) is 0. The van der Waals surface area contributed by atoms with Gasteiger partial charge in [0, 0.05) is 6.42 Å². The second-order valence-electron chi connectivity index (χ2n) is 1.65. The van der Waals surface area contributed by atoms with Crippen LogP contribution >= 0.6 is 8.58 Å². The van der Waals surface area contributed by atoms with E-state index in [1.165, 1.54) is 0 Å². The number of aliphatic carboxylic acids is 1. The van der Waals surface area contributed by atoms with Gasteiger partial charge in [0.2, 0.25) is 0 Å². The molecule has 12 heavy (non-hydrogen) atoms. The zero-order valence-corrected chi connectivity index (χ0v) is 6.33. The van der Waals surface area contributed by atoms with Gasteiger partial charge >= 0.3 is 43.7 Å². The summed E-state index contributed by atoms with van der Waals surface area (Å²) in [7, 11) is -0.158. The van der Waals surface area contributed by atoms with Crippen LogP contribution in [0.15, 0.2) is 0 Å². The fourth-order valence-corrected chi connectivity index (χ4v) is 0.875. The Kier molecular flexibility index (Phi) is 18.1. The summed E-state index contributed by atoms with van der Waals surface area (Å²) in [6.45, 7) is 0. The maximum absolute atomic E-state index is 10.5. The van der Waals surface area contributed by atoms with Gasteiger partial charge in [0.15, 0.2) is 5.52 Å². The van der Waals surface area contributed by atoms with Gasteiger partial charge in [0.1, 0.15) is 0 Å². The monoisotopic (exact) mass is 180 g/mol. The van der Waals surface area contributed by atoms with Crippen LogP contribution in [0.1, 0.15) is 12.8 Å². The Bertz CT molecular complexity index is 141. The minimum atomic E-state index is -0.976. The number of carboxylic acid groups (broad SMARTS) is 1. The van der Waals surface area contributed by atoms with Crippen LogP contribution in [0.5, 0.6) is 0 Å². The quantitative estimate of drug-likeness (QED) is 0.407. The van der Waals surface area contributed by atoms with E-state index in [2.05, 4.69) is 0 Å². The van der Waals surface area contributed by atoms with Crippen molar-refractivity contribution in [2.24, 2.45) is 0 Å². The molecule has 1 atom stereocenters. The summed E-state index contributed by atoms with van der Waals surface area (Å²) in [6.07, 6.45) is -0.265. The third kappa shape index (κ3) is 13.3. The van der Waals surface area contributed by atoms with Crippen LogP contribution in [-0.4, -0.2) is 65.8 Å². The Morgan fingerprint density at radius 1 is 1.17 bits per heavy atom. The van der Waals surface area contributed by atoms with Crippen molar-refractivity contribution in [3.05, 3.63) is 0 Å². The molecule has 0 aromatic carbocycles. The summed E-state index contributed by atoms with van der Waals surface area (Å²) in [5.74, 6) is -0.976. The van der Waals surface area contributed by atoms with E-state index in [1.807, 2.05) is 0 Å². The molecule has 0 rings (SSSR count). The van der Waals surface area contributed by atoms with Gasteiger partial charge in [-0.25, -0.2) is 0 Å². The van der Waals surface area contributed by atoms with Gasteiger partial charge in [-0.1, -0.05) is 0 Å². The van der Waals surface area contributed by atoms with Gasteiger partial charge in [-0.2, -0.15) is 0 Å². The summed E-state index contributed by atoms with van der Waals surface area (Å²) in [5, 5.41) is 16.4. The predicted octanol–water partition coefficient (Wildman–Crippen LogP) is -1.29. The molecule has 0 radical (unpaired) electrons. The number of aliphatic hydroxyl groups excluding tert-OH is 1. The molecule has 4 nitrogen and oxygen atoms in total. The van der Waals surface area contributed by atoms with E-state index in [1.54, 1.807) is 0 Å². The molecule has 0 aliphatic rings. The van der Waals surface area contributed by atoms with E-state index in [4.69, 9.17) is 10.2 Å². The predicted molar refractivity (Wildman–Crippen MR) is 51.6 cm³/mol. The van der Waals surface area contributed by atoms with E-state index in [0.29, 0.717) is 0 Å². The molecule has 62 valence electrons. The Hall–Kier alpha value is 0.725. The van der Waals surface area contributed by atoms with Gasteiger partial charge < -0.3 is 10.2 Å². The molecule has 0 saturated heterocycles. The molecule has 1 unspecified atom stereocenters. The first kappa shape index (κ1) is 18.5. The second kappa shape index (κ2) is 11.7. The van der Waals surface area contributed by atoms with Crippen molar-refractivity contribution in [3.63, 3.8) is 0 Å². The van der Waals surface area contributed by atoms with Gasteiger partial charge in [-0.3, -0.25) is 9.59 Å². The fraction of sp³-hybridized carbons (Fsp3) is 0.600. The molecule has 0 aliphatic heterocycles. The molecular weight excluding hydrogens is 169 g/mol. The minimum absolute atomic E-state index is 0. The van der Waals surface area contributed by atoms with Crippen LogP contribution in [0.4, 0.5) is 0 Å². The number of hydrogen-bond acceptors (Lipinski definition) is 3. The molecule has 0 amide bonds. The van der Waals surface area contributed by atoms with Crippen LogP contribution in [-0.2, 0) is 9.59 Å². The van der Waals surface area contributed by atoms with Crippen molar-refractivity contribution in [1.29, 1.82) is 0 Å². The van der Waals surface area contributed by atoms with Crippen molar-refractivity contribution < 1.29 is 19.8 Å².